The van der Waals surface area contributed by atoms with Crippen LogP contribution in [-0.4, -0.2) is 32.9 Å². The van der Waals surface area contributed by atoms with Gasteiger partial charge in [-0.25, -0.2) is 4.79 Å². The maximum atomic E-state index is 11.7. The van der Waals surface area contributed by atoms with E-state index >= 15 is 0 Å². The first-order chi connectivity index (χ1) is 11.4. The van der Waals surface area contributed by atoms with E-state index in [0.717, 1.165) is 5.56 Å². The minimum absolute atomic E-state index is 0.0479. The Bertz CT molecular complexity index is 683. The molecule has 2 aromatic rings. The number of carbonyl (C=O) groups is 2. The van der Waals surface area contributed by atoms with E-state index in [1.54, 1.807) is 30.3 Å². The number of benzene rings is 2. The first kappa shape index (κ1) is 17.7. The van der Waals surface area contributed by atoms with Gasteiger partial charge in [-0.05, 0) is 30.4 Å². The van der Waals surface area contributed by atoms with Crippen LogP contribution in [0.2, 0.25) is 0 Å². The van der Waals surface area contributed by atoms with Gasteiger partial charge in [0.1, 0.15) is 5.92 Å². The lowest BCUT2D eigenvalue weighted by Crippen LogP contribution is -2.50. The number of aliphatic carboxylic acids is 2. The van der Waals surface area contributed by atoms with Crippen LogP contribution in [0.3, 0.4) is 0 Å². The predicted molar refractivity (Wildman–Crippen MR) is 88.6 cm³/mol. The number of carboxylic acid groups (broad SMARTS) is 2. The summed E-state index contributed by atoms with van der Waals surface area (Å²) >= 11 is 0. The third-order valence-corrected chi connectivity index (χ3v) is 4.17. The van der Waals surface area contributed by atoms with E-state index in [1.165, 1.54) is 0 Å². The molecule has 0 heterocycles. The second-order valence-corrected chi connectivity index (χ2v) is 5.80. The Kier molecular flexibility index (Phi) is 5.71. The summed E-state index contributed by atoms with van der Waals surface area (Å²) in [6.07, 6.45) is 0.0616. The number of hydrogen-bond donors (Lipinski definition) is 3. The Hall–Kier alpha value is -2.66. The monoisotopic (exact) mass is 328 g/mol. The summed E-state index contributed by atoms with van der Waals surface area (Å²) in [5.41, 5.74) is -0.817. The Morgan fingerprint density at radius 3 is 1.83 bits per heavy atom. The number of carboxylic acids is 2. The van der Waals surface area contributed by atoms with Crippen molar-refractivity contribution in [1.29, 1.82) is 0 Å². The van der Waals surface area contributed by atoms with Gasteiger partial charge in [-0.1, -0.05) is 60.7 Å². The van der Waals surface area contributed by atoms with E-state index in [2.05, 4.69) is 0 Å². The third-order valence-electron chi connectivity index (χ3n) is 4.17. The number of rotatable bonds is 8. The molecule has 0 aliphatic heterocycles. The zero-order valence-electron chi connectivity index (χ0n) is 13.1. The molecule has 0 aromatic heterocycles. The molecular weight excluding hydrogens is 308 g/mol. The smallest absolute Gasteiger partial charge is 0.336 e. The fourth-order valence-electron chi connectivity index (χ4n) is 2.72. The fraction of sp³-hybridized carbons (Fsp3) is 0.263. The first-order valence-corrected chi connectivity index (χ1v) is 7.70. The van der Waals surface area contributed by atoms with Crippen LogP contribution in [0.25, 0.3) is 0 Å². The summed E-state index contributed by atoms with van der Waals surface area (Å²) in [5, 5.41) is 29.6. The fourth-order valence-corrected chi connectivity index (χ4v) is 2.72. The van der Waals surface area contributed by atoms with Crippen molar-refractivity contribution in [3.05, 3.63) is 71.8 Å². The molecule has 2 aromatic carbocycles. The highest BCUT2D eigenvalue weighted by Crippen LogP contribution is 2.28. The molecule has 3 N–H and O–H groups in total. The van der Waals surface area contributed by atoms with Crippen LogP contribution in [0.5, 0.6) is 0 Å². The standard InChI is InChI=1S/C19H20O5/c20-17(21)16(13-15-9-5-2-6-10-15)19(24,18(22)23)12-11-14-7-3-1-4-8-14/h1-10,16,24H,11-13H2,(H,20,21)(H,22,23). The summed E-state index contributed by atoms with van der Waals surface area (Å²) < 4.78 is 0. The summed E-state index contributed by atoms with van der Waals surface area (Å²) in [5.74, 6) is -4.26. The van der Waals surface area contributed by atoms with Crippen molar-refractivity contribution in [2.75, 3.05) is 0 Å². The number of aliphatic hydroxyl groups is 1. The van der Waals surface area contributed by atoms with Crippen LogP contribution < -0.4 is 0 Å². The van der Waals surface area contributed by atoms with Gasteiger partial charge in [-0.15, -0.1) is 0 Å². The van der Waals surface area contributed by atoms with Gasteiger partial charge in [0.05, 0.1) is 0 Å². The lowest BCUT2D eigenvalue weighted by molar-refractivity contribution is -0.175. The van der Waals surface area contributed by atoms with Gasteiger partial charge >= 0.3 is 11.9 Å². The van der Waals surface area contributed by atoms with E-state index < -0.39 is 23.5 Å². The maximum Gasteiger partial charge on any atom is 0.336 e. The molecule has 0 bridgehead atoms. The number of hydrogen-bond acceptors (Lipinski definition) is 3. The molecule has 0 saturated heterocycles. The van der Waals surface area contributed by atoms with Gasteiger partial charge in [0.25, 0.3) is 0 Å². The Morgan fingerprint density at radius 1 is 0.875 bits per heavy atom. The van der Waals surface area contributed by atoms with Crippen molar-refractivity contribution in [2.24, 2.45) is 5.92 Å². The van der Waals surface area contributed by atoms with Crippen LogP contribution in [0.15, 0.2) is 60.7 Å². The molecule has 5 nitrogen and oxygen atoms in total. The normalized spacial score (nSPS) is 14.5. The van der Waals surface area contributed by atoms with Crippen LogP contribution in [-0.2, 0) is 22.4 Å². The van der Waals surface area contributed by atoms with Crippen molar-refractivity contribution in [3.8, 4) is 0 Å². The third kappa shape index (κ3) is 4.20. The first-order valence-electron chi connectivity index (χ1n) is 7.70. The average Bonchev–Trinajstić information content (AvgIpc) is 2.59. The van der Waals surface area contributed by atoms with Gasteiger partial charge in [-0.2, -0.15) is 0 Å². The van der Waals surface area contributed by atoms with Crippen molar-refractivity contribution in [2.45, 2.75) is 24.9 Å². The average molecular weight is 328 g/mol. The molecule has 0 amide bonds. The summed E-state index contributed by atoms with van der Waals surface area (Å²) in [7, 11) is 0. The quantitative estimate of drug-likeness (QED) is 0.691. The van der Waals surface area contributed by atoms with Gasteiger partial charge in [0, 0.05) is 0 Å². The highest BCUT2D eigenvalue weighted by atomic mass is 16.4. The molecule has 2 unspecified atom stereocenters. The molecule has 0 spiro atoms. The molecule has 126 valence electrons. The second-order valence-electron chi connectivity index (χ2n) is 5.80. The molecule has 0 saturated carbocycles. The molecule has 0 radical (unpaired) electrons. The largest absolute Gasteiger partial charge is 0.481 e. The topological polar surface area (TPSA) is 94.8 Å². The van der Waals surface area contributed by atoms with Crippen LogP contribution in [0.1, 0.15) is 17.5 Å². The van der Waals surface area contributed by atoms with E-state index in [9.17, 15) is 24.9 Å². The zero-order valence-corrected chi connectivity index (χ0v) is 13.1. The molecule has 0 aliphatic carbocycles. The van der Waals surface area contributed by atoms with Crippen LogP contribution in [0.4, 0.5) is 0 Å². The van der Waals surface area contributed by atoms with Crippen LogP contribution in [0, 0.1) is 5.92 Å². The minimum Gasteiger partial charge on any atom is -0.481 e. The van der Waals surface area contributed by atoms with E-state index in [-0.39, 0.29) is 19.3 Å². The lowest BCUT2D eigenvalue weighted by atomic mass is 9.79. The highest BCUT2D eigenvalue weighted by molar-refractivity contribution is 5.85. The molecule has 24 heavy (non-hydrogen) atoms. The molecule has 0 aliphatic rings. The van der Waals surface area contributed by atoms with E-state index in [1.807, 2.05) is 30.3 Å². The van der Waals surface area contributed by atoms with E-state index in [4.69, 9.17) is 0 Å². The van der Waals surface area contributed by atoms with Crippen molar-refractivity contribution in [1.82, 2.24) is 0 Å². The summed E-state index contributed by atoms with van der Waals surface area (Å²) in [6, 6.07) is 17.8. The van der Waals surface area contributed by atoms with Crippen molar-refractivity contribution >= 4 is 11.9 Å². The highest BCUT2D eigenvalue weighted by Gasteiger charge is 2.47. The molecule has 0 fully saturated rings. The summed E-state index contributed by atoms with van der Waals surface area (Å²) in [6.45, 7) is 0. The molecule has 5 heteroatoms. The molecule has 2 atom stereocenters. The van der Waals surface area contributed by atoms with Gasteiger partial charge in [0.2, 0.25) is 0 Å². The SMILES string of the molecule is O=C(O)C(Cc1ccccc1)C(O)(CCc1ccccc1)C(=O)O. The van der Waals surface area contributed by atoms with Gasteiger partial charge < -0.3 is 15.3 Å². The second kappa shape index (κ2) is 7.75. The van der Waals surface area contributed by atoms with Crippen molar-refractivity contribution in [3.63, 3.8) is 0 Å². The summed E-state index contributed by atoms with van der Waals surface area (Å²) in [4.78, 5) is 23.3. The predicted octanol–water partition coefficient (Wildman–Crippen LogP) is 2.38. The lowest BCUT2D eigenvalue weighted by Gasteiger charge is -2.30. The Labute approximate surface area is 140 Å². The minimum atomic E-state index is -2.34. The Balaban J connectivity index is 2.23. The van der Waals surface area contributed by atoms with Crippen LogP contribution >= 0.6 is 0 Å². The maximum absolute atomic E-state index is 11.7. The zero-order chi connectivity index (χ0) is 17.6. The van der Waals surface area contributed by atoms with Gasteiger partial charge in [-0.3, -0.25) is 4.79 Å². The Morgan fingerprint density at radius 2 is 1.38 bits per heavy atom. The molecular formula is C19H20O5. The molecule has 2 rings (SSSR count). The number of aryl methyl sites for hydroxylation is 1. The van der Waals surface area contributed by atoms with Gasteiger partial charge in [0.15, 0.2) is 5.60 Å². The van der Waals surface area contributed by atoms with Crippen molar-refractivity contribution < 1.29 is 24.9 Å². The van der Waals surface area contributed by atoms with E-state index in [0.29, 0.717) is 5.56 Å².